The average Bonchev–Trinajstić information content (AvgIpc) is 2.85. The maximum atomic E-state index is 13.3. The second-order valence-electron chi connectivity index (χ2n) is 8.80. The van der Waals surface area contributed by atoms with E-state index < -0.39 is 0 Å². The van der Waals surface area contributed by atoms with Crippen LogP contribution >= 0.6 is 0 Å². The topological polar surface area (TPSA) is 66.2 Å². The van der Waals surface area contributed by atoms with Gasteiger partial charge in [0.2, 0.25) is 0 Å². The molecule has 0 aliphatic carbocycles. The van der Waals surface area contributed by atoms with Crippen molar-refractivity contribution in [1.82, 2.24) is 9.80 Å². The second kappa shape index (κ2) is 10.9. The molecule has 1 aromatic heterocycles. The van der Waals surface area contributed by atoms with Gasteiger partial charge in [0.1, 0.15) is 5.58 Å². The van der Waals surface area contributed by atoms with E-state index in [1.165, 1.54) is 11.0 Å². The number of benzene rings is 1. The normalized spacial score (nSPS) is 16.0. The average molecular weight is 468 g/mol. The molecule has 0 saturated carbocycles. The number of anilines is 1. The van der Waals surface area contributed by atoms with Gasteiger partial charge in [-0.25, -0.2) is 0 Å². The van der Waals surface area contributed by atoms with Gasteiger partial charge < -0.3 is 23.9 Å². The molecule has 1 aliphatic heterocycles. The third-order valence-corrected chi connectivity index (χ3v) is 6.50. The number of carbonyl (C=O) groups excluding carboxylic acids is 1. The summed E-state index contributed by atoms with van der Waals surface area (Å²) in [5, 5.41) is 0.424. The van der Waals surface area contributed by atoms with Crippen molar-refractivity contribution in [2.75, 3.05) is 51.8 Å². The smallest absolute Gasteiger partial charge is 0.253 e. The van der Waals surface area contributed by atoms with Crippen LogP contribution in [0.1, 0.15) is 56.6 Å². The molecule has 1 unspecified atom stereocenters. The number of morpholine rings is 1. The van der Waals surface area contributed by atoms with Gasteiger partial charge >= 0.3 is 0 Å². The molecule has 0 spiro atoms. The fraction of sp³-hybridized carbons (Fsp3) is 0.481. The lowest BCUT2D eigenvalue weighted by atomic mass is 9.98. The van der Waals surface area contributed by atoms with Crippen molar-refractivity contribution >= 4 is 22.8 Å². The molecule has 0 radical (unpaired) electrons. The number of nitrogens with zero attached hydrogens (tertiary/aromatic N) is 3. The van der Waals surface area contributed by atoms with Crippen LogP contribution in [0.2, 0.25) is 0 Å². The lowest BCUT2D eigenvalue weighted by molar-refractivity contribution is 0.0827. The van der Waals surface area contributed by atoms with Gasteiger partial charge in [0.25, 0.3) is 5.91 Å². The van der Waals surface area contributed by atoms with Crippen LogP contribution in [-0.2, 0) is 4.74 Å². The van der Waals surface area contributed by atoms with Crippen LogP contribution in [0.25, 0.3) is 11.0 Å². The standard InChI is InChI=1S/C27H37N3O4/c1-8-18(4)23(9-2)30(10-3)19(5)21-15-20(27(32)28(6)7)16-22-24(31)17-25(34-26(21)22)29-11-13-33-14-12-29/h8-9,15-17,19H,10-14H2,1-7H3/b18-8-,23-9+. The molecule has 1 aliphatic rings. The number of likely N-dealkylation sites (N-methyl/N-ethyl adjacent to an activating group) is 1. The number of fused-ring (bicyclic) bond motifs is 1. The predicted molar refractivity (Wildman–Crippen MR) is 138 cm³/mol. The molecule has 2 heterocycles. The number of ether oxygens (including phenoxy) is 1. The molecule has 1 saturated heterocycles. The summed E-state index contributed by atoms with van der Waals surface area (Å²) in [6, 6.07) is 4.94. The molecule has 184 valence electrons. The molecule has 2 aromatic rings. The summed E-state index contributed by atoms with van der Waals surface area (Å²) in [5.74, 6) is 0.394. The summed E-state index contributed by atoms with van der Waals surface area (Å²) in [6.07, 6.45) is 4.19. The van der Waals surface area contributed by atoms with Crippen molar-refractivity contribution in [3.63, 3.8) is 0 Å². The molecule has 3 rings (SSSR count). The lowest BCUT2D eigenvalue weighted by Gasteiger charge is -2.34. The summed E-state index contributed by atoms with van der Waals surface area (Å²) in [7, 11) is 3.43. The summed E-state index contributed by atoms with van der Waals surface area (Å²) in [6.45, 7) is 13.6. The third kappa shape index (κ3) is 5.04. The zero-order chi connectivity index (χ0) is 25.0. The number of allylic oxidation sites excluding steroid dienone is 3. The van der Waals surface area contributed by atoms with Crippen molar-refractivity contribution in [2.24, 2.45) is 0 Å². The highest BCUT2D eigenvalue weighted by Crippen LogP contribution is 2.34. The zero-order valence-electron chi connectivity index (χ0n) is 21.5. The van der Waals surface area contributed by atoms with Gasteiger partial charge in [-0.2, -0.15) is 0 Å². The molecular weight excluding hydrogens is 430 g/mol. The van der Waals surface area contributed by atoms with E-state index in [4.69, 9.17) is 9.15 Å². The van der Waals surface area contributed by atoms with Crippen LogP contribution in [0.4, 0.5) is 5.88 Å². The first-order valence-electron chi connectivity index (χ1n) is 12.0. The van der Waals surface area contributed by atoms with E-state index in [-0.39, 0.29) is 17.4 Å². The number of hydrogen-bond acceptors (Lipinski definition) is 6. The van der Waals surface area contributed by atoms with E-state index in [9.17, 15) is 9.59 Å². The van der Waals surface area contributed by atoms with E-state index in [0.29, 0.717) is 48.7 Å². The van der Waals surface area contributed by atoms with Crippen LogP contribution in [0.3, 0.4) is 0 Å². The SMILES string of the molecule is C/C=C(C)\C(=C/C)N(CC)C(C)c1cc(C(=O)N(C)C)cc2c(=O)cc(N3CCOCC3)oc12. The van der Waals surface area contributed by atoms with Crippen LogP contribution in [-0.4, -0.2) is 62.7 Å². The first-order chi connectivity index (χ1) is 16.2. The van der Waals surface area contributed by atoms with E-state index in [1.807, 2.05) is 24.8 Å². The first-order valence-corrected chi connectivity index (χ1v) is 12.0. The maximum absolute atomic E-state index is 13.3. The molecule has 1 fully saturated rings. The molecule has 0 N–H and O–H groups in total. The molecular formula is C27H37N3O4. The largest absolute Gasteiger partial charge is 0.440 e. The highest BCUT2D eigenvalue weighted by atomic mass is 16.5. The fourth-order valence-corrected chi connectivity index (χ4v) is 4.49. The molecule has 1 aromatic carbocycles. The maximum Gasteiger partial charge on any atom is 0.253 e. The third-order valence-electron chi connectivity index (χ3n) is 6.50. The Morgan fingerprint density at radius 3 is 2.38 bits per heavy atom. The monoisotopic (exact) mass is 467 g/mol. The Hall–Kier alpha value is -3.06. The van der Waals surface area contributed by atoms with Crippen LogP contribution in [0.15, 0.2) is 50.8 Å². The number of hydrogen-bond donors (Lipinski definition) is 0. The van der Waals surface area contributed by atoms with E-state index in [0.717, 1.165) is 23.4 Å². The van der Waals surface area contributed by atoms with Crippen molar-refractivity contribution < 1.29 is 13.9 Å². The van der Waals surface area contributed by atoms with Crippen molar-refractivity contribution in [3.8, 4) is 0 Å². The molecule has 34 heavy (non-hydrogen) atoms. The lowest BCUT2D eigenvalue weighted by Crippen LogP contribution is -2.36. The van der Waals surface area contributed by atoms with Gasteiger partial charge in [-0.3, -0.25) is 9.59 Å². The predicted octanol–water partition coefficient (Wildman–Crippen LogP) is 4.58. The Bertz CT molecular complexity index is 1160. The minimum atomic E-state index is -0.150. The molecule has 7 heteroatoms. The van der Waals surface area contributed by atoms with Crippen molar-refractivity contribution in [2.45, 2.75) is 40.7 Å². The van der Waals surface area contributed by atoms with Crippen LogP contribution in [0, 0.1) is 0 Å². The van der Waals surface area contributed by atoms with E-state index >= 15 is 0 Å². The molecule has 1 atom stereocenters. The first kappa shape index (κ1) is 25.6. The zero-order valence-corrected chi connectivity index (χ0v) is 21.5. The van der Waals surface area contributed by atoms with Crippen molar-refractivity contribution in [1.29, 1.82) is 0 Å². The number of rotatable bonds is 7. The van der Waals surface area contributed by atoms with E-state index in [1.54, 1.807) is 20.2 Å². The Morgan fingerprint density at radius 2 is 1.82 bits per heavy atom. The van der Waals surface area contributed by atoms with Gasteiger partial charge in [0.15, 0.2) is 11.3 Å². The van der Waals surface area contributed by atoms with Gasteiger partial charge in [-0.05, 0) is 52.3 Å². The molecule has 7 nitrogen and oxygen atoms in total. The van der Waals surface area contributed by atoms with Gasteiger partial charge in [0, 0.05) is 56.6 Å². The minimum absolute atomic E-state index is 0.133. The Balaban J connectivity index is 2.26. The quantitative estimate of drug-likeness (QED) is 0.555. The van der Waals surface area contributed by atoms with Crippen LogP contribution < -0.4 is 10.3 Å². The number of carbonyl (C=O) groups is 1. The summed E-state index contributed by atoms with van der Waals surface area (Å²) < 4.78 is 11.9. The highest BCUT2D eigenvalue weighted by Gasteiger charge is 2.25. The molecule has 1 amide bonds. The fourth-order valence-electron chi connectivity index (χ4n) is 4.49. The van der Waals surface area contributed by atoms with Gasteiger partial charge in [-0.1, -0.05) is 12.2 Å². The highest BCUT2D eigenvalue weighted by molar-refractivity contribution is 5.98. The second-order valence-corrected chi connectivity index (χ2v) is 8.80. The summed E-state index contributed by atoms with van der Waals surface area (Å²) in [4.78, 5) is 32.0. The minimum Gasteiger partial charge on any atom is -0.440 e. The Labute approximate surface area is 202 Å². The van der Waals surface area contributed by atoms with Crippen molar-refractivity contribution in [3.05, 3.63) is 63.0 Å². The van der Waals surface area contributed by atoms with Gasteiger partial charge in [0.05, 0.1) is 24.6 Å². The Morgan fingerprint density at radius 1 is 1.15 bits per heavy atom. The summed E-state index contributed by atoms with van der Waals surface area (Å²) in [5.41, 5.74) is 3.96. The number of amides is 1. The summed E-state index contributed by atoms with van der Waals surface area (Å²) >= 11 is 0. The van der Waals surface area contributed by atoms with Gasteiger partial charge in [-0.15, -0.1) is 0 Å². The van der Waals surface area contributed by atoms with Crippen LogP contribution in [0.5, 0.6) is 0 Å². The van der Waals surface area contributed by atoms with E-state index in [2.05, 4.69) is 37.8 Å². The molecule has 0 bridgehead atoms. The Kier molecular flexibility index (Phi) is 8.20.